The molecular weight excluding hydrogens is 248 g/mol. The van der Waals surface area contributed by atoms with Crippen molar-refractivity contribution in [3.05, 3.63) is 0 Å². The average molecular weight is 274 g/mol. The molecule has 0 spiro atoms. The Bertz CT molecular complexity index is 255. The first kappa shape index (κ1) is 15.8. The van der Waals surface area contributed by atoms with Crippen LogP contribution in [-0.4, -0.2) is 24.6 Å². The molecule has 1 rings (SSSR count). The van der Waals surface area contributed by atoms with Gasteiger partial charge in [0.2, 0.25) is 0 Å². The van der Waals surface area contributed by atoms with Crippen LogP contribution in [0.3, 0.4) is 0 Å². The highest BCUT2D eigenvalue weighted by molar-refractivity contribution is 7.80. The zero-order valence-corrected chi connectivity index (χ0v) is 12.6. The minimum atomic E-state index is -0.227. The molecule has 106 valence electrons. The van der Waals surface area contributed by atoms with Gasteiger partial charge in [-0.25, -0.2) is 0 Å². The lowest BCUT2D eigenvalue weighted by atomic mass is 9.75. The zero-order valence-electron chi connectivity index (χ0n) is 11.7. The minimum Gasteiger partial charge on any atom is -0.438 e. The molecule has 1 saturated carbocycles. The molecule has 18 heavy (non-hydrogen) atoms. The van der Waals surface area contributed by atoms with Gasteiger partial charge in [0.05, 0.1) is 12.5 Å². The van der Waals surface area contributed by atoms with Crippen LogP contribution in [0.2, 0.25) is 0 Å². The first-order valence-electron chi connectivity index (χ1n) is 6.92. The van der Waals surface area contributed by atoms with E-state index in [1.54, 1.807) is 0 Å². The minimum absolute atomic E-state index is 0.0905. The Morgan fingerprint density at radius 2 is 2.11 bits per heavy atom. The van der Waals surface area contributed by atoms with Crippen molar-refractivity contribution in [2.24, 2.45) is 17.8 Å². The van der Waals surface area contributed by atoms with Crippen molar-refractivity contribution < 1.29 is 14.3 Å². The summed E-state index contributed by atoms with van der Waals surface area (Å²) in [6.45, 7) is 6.83. The second-order valence-corrected chi connectivity index (χ2v) is 6.09. The van der Waals surface area contributed by atoms with Crippen LogP contribution in [0.15, 0.2) is 0 Å². The molecule has 0 N–H and O–H groups in total. The van der Waals surface area contributed by atoms with Crippen LogP contribution in [0.5, 0.6) is 0 Å². The molecule has 1 aliphatic carbocycles. The van der Waals surface area contributed by atoms with Crippen LogP contribution in [0.25, 0.3) is 0 Å². The van der Waals surface area contributed by atoms with Crippen molar-refractivity contribution >= 4 is 18.6 Å². The number of carbonyl (C=O) groups excluding carboxylic acids is 1. The SMILES string of the molecule is CC1CCC(C(C)C)C(OCOC(=O)CCS)C1. The molecule has 3 unspecified atom stereocenters. The lowest BCUT2D eigenvalue weighted by Crippen LogP contribution is -2.35. The van der Waals surface area contributed by atoms with Gasteiger partial charge >= 0.3 is 5.97 Å². The van der Waals surface area contributed by atoms with E-state index in [0.29, 0.717) is 29.9 Å². The van der Waals surface area contributed by atoms with Crippen molar-refractivity contribution in [3.63, 3.8) is 0 Å². The monoisotopic (exact) mass is 274 g/mol. The Labute approximate surface area is 116 Å². The normalized spacial score (nSPS) is 28.4. The third-order valence-corrected chi connectivity index (χ3v) is 4.00. The maximum Gasteiger partial charge on any atom is 0.308 e. The number of hydrogen-bond acceptors (Lipinski definition) is 4. The fourth-order valence-electron chi connectivity index (χ4n) is 2.66. The Morgan fingerprint density at radius 3 is 2.72 bits per heavy atom. The molecule has 0 aliphatic heterocycles. The fourth-order valence-corrected chi connectivity index (χ4v) is 2.84. The summed E-state index contributed by atoms with van der Waals surface area (Å²) < 4.78 is 10.8. The molecule has 0 aromatic heterocycles. The summed E-state index contributed by atoms with van der Waals surface area (Å²) in [5, 5.41) is 0. The zero-order chi connectivity index (χ0) is 13.5. The Morgan fingerprint density at radius 1 is 1.39 bits per heavy atom. The van der Waals surface area contributed by atoms with Gasteiger partial charge in [0.25, 0.3) is 0 Å². The molecule has 0 aromatic carbocycles. The van der Waals surface area contributed by atoms with Crippen LogP contribution in [0.4, 0.5) is 0 Å². The van der Waals surface area contributed by atoms with Gasteiger partial charge in [-0.05, 0) is 30.6 Å². The van der Waals surface area contributed by atoms with E-state index in [0.717, 1.165) is 6.42 Å². The Hall–Kier alpha value is -0.220. The molecule has 0 saturated heterocycles. The number of rotatable bonds is 6. The molecule has 0 radical (unpaired) electrons. The molecule has 0 aromatic rings. The van der Waals surface area contributed by atoms with E-state index in [-0.39, 0.29) is 18.9 Å². The van der Waals surface area contributed by atoms with E-state index >= 15 is 0 Å². The van der Waals surface area contributed by atoms with E-state index in [1.165, 1.54) is 12.8 Å². The van der Waals surface area contributed by atoms with Crippen LogP contribution >= 0.6 is 12.6 Å². The van der Waals surface area contributed by atoms with Crippen LogP contribution in [-0.2, 0) is 14.3 Å². The summed E-state index contributed by atoms with van der Waals surface area (Å²) in [4.78, 5) is 11.2. The van der Waals surface area contributed by atoms with Gasteiger partial charge in [0.15, 0.2) is 6.79 Å². The number of ether oxygens (including phenoxy) is 2. The molecular formula is C14H26O3S. The summed E-state index contributed by atoms with van der Waals surface area (Å²) in [5.41, 5.74) is 0. The highest BCUT2D eigenvalue weighted by Gasteiger charge is 2.31. The Balaban J connectivity index is 2.34. The highest BCUT2D eigenvalue weighted by atomic mass is 32.1. The van der Waals surface area contributed by atoms with Crippen molar-refractivity contribution in [1.29, 1.82) is 0 Å². The summed E-state index contributed by atoms with van der Waals surface area (Å²) in [5.74, 6) is 2.21. The number of esters is 1. The Kier molecular flexibility index (Phi) is 7.08. The molecule has 1 fully saturated rings. The second-order valence-electron chi connectivity index (χ2n) is 5.64. The van der Waals surface area contributed by atoms with Crippen LogP contribution in [0.1, 0.15) is 46.5 Å². The molecule has 1 aliphatic rings. The van der Waals surface area contributed by atoms with Gasteiger partial charge in [-0.2, -0.15) is 12.6 Å². The maximum absolute atomic E-state index is 11.2. The summed E-state index contributed by atoms with van der Waals surface area (Å²) >= 11 is 3.99. The quantitative estimate of drug-likeness (QED) is 0.458. The molecule has 4 heteroatoms. The summed E-state index contributed by atoms with van der Waals surface area (Å²) in [6.07, 6.45) is 4.15. The van der Waals surface area contributed by atoms with Gasteiger partial charge in [0, 0.05) is 5.75 Å². The molecule has 3 atom stereocenters. The molecule has 0 amide bonds. The summed E-state index contributed by atoms with van der Waals surface area (Å²) in [6, 6.07) is 0. The predicted octanol–water partition coefficient (Wildman–Crippen LogP) is 3.28. The van der Waals surface area contributed by atoms with E-state index in [2.05, 4.69) is 33.4 Å². The molecule has 3 nitrogen and oxygen atoms in total. The first-order chi connectivity index (χ1) is 8.54. The largest absolute Gasteiger partial charge is 0.438 e. The number of hydrogen-bond donors (Lipinski definition) is 1. The summed E-state index contributed by atoms with van der Waals surface area (Å²) in [7, 11) is 0. The first-order valence-corrected chi connectivity index (χ1v) is 7.56. The fraction of sp³-hybridized carbons (Fsp3) is 0.929. The number of thiol groups is 1. The number of carbonyl (C=O) groups is 1. The van der Waals surface area contributed by atoms with Gasteiger partial charge in [0.1, 0.15) is 0 Å². The van der Waals surface area contributed by atoms with E-state index in [9.17, 15) is 4.79 Å². The van der Waals surface area contributed by atoms with Crippen LogP contribution < -0.4 is 0 Å². The van der Waals surface area contributed by atoms with Crippen molar-refractivity contribution in [3.8, 4) is 0 Å². The third-order valence-electron chi connectivity index (χ3n) is 3.78. The predicted molar refractivity (Wildman–Crippen MR) is 75.6 cm³/mol. The lowest BCUT2D eigenvalue weighted by molar-refractivity contribution is -0.167. The van der Waals surface area contributed by atoms with Crippen molar-refractivity contribution in [2.45, 2.75) is 52.6 Å². The van der Waals surface area contributed by atoms with Gasteiger partial charge < -0.3 is 9.47 Å². The topological polar surface area (TPSA) is 35.5 Å². The van der Waals surface area contributed by atoms with E-state index in [1.807, 2.05) is 0 Å². The highest BCUT2D eigenvalue weighted by Crippen LogP contribution is 2.35. The van der Waals surface area contributed by atoms with E-state index < -0.39 is 0 Å². The molecule has 0 heterocycles. The average Bonchev–Trinajstić information content (AvgIpc) is 2.29. The standard InChI is InChI=1S/C14H26O3S/c1-10(2)12-5-4-11(3)8-13(12)16-9-17-14(15)6-7-18/h10-13,18H,4-9H2,1-3H3. The molecule has 0 bridgehead atoms. The van der Waals surface area contributed by atoms with Gasteiger partial charge in [-0.1, -0.05) is 27.2 Å². The van der Waals surface area contributed by atoms with Crippen molar-refractivity contribution in [1.82, 2.24) is 0 Å². The lowest BCUT2D eigenvalue weighted by Gasteiger charge is -2.36. The van der Waals surface area contributed by atoms with E-state index in [4.69, 9.17) is 9.47 Å². The van der Waals surface area contributed by atoms with Gasteiger partial charge in [-0.15, -0.1) is 0 Å². The maximum atomic E-state index is 11.2. The van der Waals surface area contributed by atoms with Crippen LogP contribution in [0, 0.1) is 17.8 Å². The third kappa shape index (κ3) is 5.19. The van der Waals surface area contributed by atoms with Gasteiger partial charge in [-0.3, -0.25) is 4.79 Å². The van der Waals surface area contributed by atoms with Crippen molar-refractivity contribution in [2.75, 3.05) is 12.5 Å². The smallest absolute Gasteiger partial charge is 0.308 e. The second kappa shape index (κ2) is 8.05.